The molecule has 3 rings (SSSR count). The molecule has 6 heteroatoms. The van der Waals surface area contributed by atoms with Crippen LogP contribution in [0.25, 0.3) is 0 Å². The van der Waals surface area contributed by atoms with Crippen LogP contribution in [-0.4, -0.2) is 31.7 Å². The number of amides is 1. The monoisotopic (exact) mass is 377 g/mol. The van der Waals surface area contributed by atoms with Gasteiger partial charge in [-0.25, -0.2) is 4.98 Å². The van der Waals surface area contributed by atoms with Crippen molar-refractivity contribution < 1.29 is 14.3 Å². The molecule has 0 saturated heterocycles. The number of pyridine rings is 1. The van der Waals surface area contributed by atoms with Gasteiger partial charge in [-0.2, -0.15) is 0 Å². The number of rotatable bonds is 8. The number of carbonyl (C=O) groups excluding carboxylic acids is 1. The number of hydrogen-bond donors (Lipinski definition) is 2. The summed E-state index contributed by atoms with van der Waals surface area (Å²) in [6.45, 7) is 0.514. The molecular weight excluding hydrogens is 354 g/mol. The number of ether oxygens (including phenoxy) is 2. The molecule has 0 atom stereocenters. The van der Waals surface area contributed by atoms with E-state index in [0.717, 1.165) is 22.7 Å². The highest BCUT2D eigenvalue weighted by atomic mass is 16.5. The second-order valence-corrected chi connectivity index (χ2v) is 6.10. The average Bonchev–Trinajstić information content (AvgIpc) is 2.74. The van der Waals surface area contributed by atoms with Gasteiger partial charge in [-0.3, -0.25) is 4.79 Å². The molecule has 3 aromatic rings. The average molecular weight is 377 g/mol. The fourth-order valence-electron chi connectivity index (χ4n) is 2.81. The smallest absolute Gasteiger partial charge is 0.251 e. The Hall–Kier alpha value is -3.54. The summed E-state index contributed by atoms with van der Waals surface area (Å²) in [5, 5.41) is 6.12. The molecule has 0 spiro atoms. The fourth-order valence-corrected chi connectivity index (χ4v) is 2.81. The van der Waals surface area contributed by atoms with E-state index in [1.54, 1.807) is 32.5 Å². The van der Waals surface area contributed by atoms with E-state index in [1.165, 1.54) is 0 Å². The molecule has 2 aromatic carbocycles. The van der Waals surface area contributed by atoms with Gasteiger partial charge in [0.25, 0.3) is 5.91 Å². The van der Waals surface area contributed by atoms with Gasteiger partial charge in [0.15, 0.2) is 0 Å². The summed E-state index contributed by atoms with van der Waals surface area (Å²) in [6, 6.07) is 18.7. The third kappa shape index (κ3) is 5.01. The Kier molecular flexibility index (Phi) is 6.46. The highest BCUT2D eigenvalue weighted by Gasteiger charge is 2.08. The summed E-state index contributed by atoms with van der Waals surface area (Å²) >= 11 is 0. The number of benzene rings is 2. The van der Waals surface area contributed by atoms with Crippen LogP contribution < -0.4 is 20.1 Å². The minimum atomic E-state index is -0.147. The van der Waals surface area contributed by atoms with Gasteiger partial charge < -0.3 is 20.1 Å². The number of para-hydroxylation sites is 1. The molecule has 0 aliphatic carbocycles. The van der Waals surface area contributed by atoms with Crippen LogP contribution in [0.2, 0.25) is 0 Å². The number of aromatic nitrogens is 1. The van der Waals surface area contributed by atoms with E-state index in [1.807, 2.05) is 48.5 Å². The number of anilines is 2. The summed E-state index contributed by atoms with van der Waals surface area (Å²) in [5.74, 6) is 2.01. The van der Waals surface area contributed by atoms with Gasteiger partial charge in [-0.15, -0.1) is 0 Å². The molecule has 0 aliphatic rings. The van der Waals surface area contributed by atoms with Crippen LogP contribution in [0, 0.1) is 0 Å². The Morgan fingerprint density at radius 3 is 2.68 bits per heavy atom. The van der Waals surface area contributed by atoms with E-state index in [0.29, 0.717) is 24.3 Å². The molecule has 1 aromatic heterocycles. The molecule has 0 fully saturated rings. The van der Waals surface area contributed by atoms with E-state index in [4.69, 9.17) is 9.47 Å². The number of methoxy groups -OCH3 is 2. The van der Waals surface area contributed by atoms with Crippen molar-refractivity contribution in [2.24, 2.45) is 0 Å². The lowest BCUT2D eigenvalue weighted by molar-refractivity contribution is 0.0954. The van der Waals surface area contributed by atoms with Crippen molar-refractivity contribution in [3.63, 3.8) is 0 Å². The molecule has 0 saturated carbocycles. The molecule has 144 valence electrons. The lowest BCUT2D eigenvalue weighted by Crippen LogP contribution is -2.25. The Labute approximate surface area is 164 Å². The molecule has 6 nitrogen and oxygen atoms in total. The van der Waals surface area contributed by atoms with Crippen molar-refractivity contribution in [3.8, 4) is 11.5 Å². The Bertz CT molecular complexity index is 944. The second kappa shape index (κ2) is 9.41. The standard InChI is InChI=1S/C22H23N3O3/c1-27-19-8-5-7-18(15-19)25-21-14-17(11-12-23-21)22(26)24-13-10-16-6-3-4-9-20(16)28-2/h3-9,11-12,14-15H,10,13H2,1-2H3,(H,23,25)(H,24,26). The maximum absolute atomic E-state index is 12.5. The van der Waals surface area contributed by atoms with Crippen LogP contribution in [0.1, 0.15) is 15.9 Å². The van der Waals surface area contributed by atoms with Crippen LogP contribution in [0.3, 0.4) is 0 Å². The van der Waals surface area contributed by atoms with E-state index in [9.17, 15) is 4.79 Å². The molecular formula is C22H23N3O3. The second-order valence-electron chi connectivity index (χ2n) is 6.10. The molecule has 1 amide bonds. The van der Waals surface area contributed by atoms with E-state index in [2.05, 4.69) is 15.6 Å². The first kappa shape index (κ1) is 19.2. The van der Waals surface area contributed by atoms with Crippen molar-refractivity contribution >= 4 is 17.4 Å². The van der Waals surface area contributed by atoms with E-state index in [-0.39, 0.29) is 5.91 Å². The zero-order valence-electron chi connectivity index (χ0n) is 15.9. The predicted molar refractivity (Wildman–Crippen MR) is 110 cm³/mol. The minimum Gasteiger partial charge on any atom is -0.497 e. The van der Waals surface area contributed by atoms with Crippen molar-refractivity contribution in [2.75, 3.05) is 26.1 Å². The lowest BCUT2D eigenvalue weighted by atomic mass is 10.1. The van der Waals surface area contributed by atoms with Crippen LogP contribution >= 0.6 is 0 Å². The topological polar surface area (TPSA) is 72.5 Å². The van der Waals surface area contributed by atoms with Gasteiger partial charge in [-0.05, 0) is 42.3 Å². The Morgan fingerprint density at radius 1 is 1.00 bits per heavy atom. The van der Waals surface area contributed by atoms with Gasteiger partial charge in [0.05, 0.1) is 14.2 Å². The number of nitrogens with one attached hydrogen (secondary N) is 2. The first-order valence-electron chi connectivity index (χ1n) is 8.97. The molecule has 0 radical (unpaired) electrons. The quantitative estimate of drug-likeness (QED) is 0.624. The minimum absolute atomic E-state index is 0.147. The van der Waals surface area contributed by atoms with Crippen molar-refractivity contribution in [1.29, 1.82) is 0 Å². The zero-order chi connectivity index (χ0) is 19.8. The maximum atomic E-state index is 12.5. The SMILES string of the molecule is COc1cccc(Nc2cc(C(=O)NCCc3ccccc3OC)ccn2)c1. The zero-order valence-corrected chi connectivity index (χ0v) is 15.9. The molecule has 0 unspecified atom stereocenters. The van der Waals surface area contributed by atoms with Crippen LogP contribution in [-0.2, 0) is 6.42 Å². The first-order chi connectivity index (χ1) is 13.7. The molecule has 0 aliphatic heterocycles. The molecule has 2 N–H and O–H groups in total. The Morgan fingerprint density at radius 2 is 1.86 bits per heavy atom. The van der Waals surface area contributed by atoms with Gasteiger partial charge in [-0.1, -0.05) is 24.3 Å². The van der Waals surface area contributed by atoms with Crippen LogP contribution in [0.5, 0.6) is 11.5 Å². The van der Waals surface area contributed by atoms with Gasteiger partial charge >= 0.3 is 0 Å². The number of hydrogen-bond acceptors (Lipinski definition) is 5. The fraction of sp³-hybridized carbons (Fsp3) is 0.182. The number of carbonyl (C=O) groups is 1. The van der Waals surface area contributed by atoms with Crippen molar-refractivity contribution in [2.45, 2.75) is 6.42 Å². The van der Waals surface area contributed by atoms with Crippen molar-refractivity contribution in [1.82, 2.24) is 10.3 Å². The van der Waals surface area contributed by atoms with Gasteiger partial charge in [0, 0.05) is 30.1 Å². The third-order valence-corrected chi connectivity index (χ3v) is 4.24. The van der Waals surface area contributed by atoms with E-state index < -0.39 is 0 Å². The summed E-state index contributed by atoms with van der Waals surface area (Å²) in [5.41, 5.74) is 2.43. The van der Waals surface area contributed by atoms with Gasteiger partial charge in [0.2, 0.25) is 0 Å². The summed E-state index contributed by atoms with van der Waals surface area (Å²) in [7, 11) is 3.26. The summed E-state index contributed by atoms with van der Waals surface area (Å²) < 4.78 is 10.6. The van der Waals surface area contributed by atoms with Crippen molar-refractivity contribution in [3.05, 3.63) is 78.0 Å². The Balaban J connectivity index is 1.60. The third-order valence-electron chi connectivity index (χ3n) is 4.24. The van der Waals surface area contributed by atoms with Crippen LogP contribution in [0.15, 0.2) is 66.9 Å². The molecule has 28 heavy (non-hydrogen) atoms. The largest absolute Gasteiger partial charge is 0.497 e. The van der Waals surface area contributed by atoms with Crippen LogP contribution in [0.4, 0.5) is 11.5 Å². The summed E-state index contributed by atoms with van der Waals surface area (Å²) in [4.78, 5) is 16.8. The molecule has 0 bridgehead atoms. The number of nitrogens with zero attached hydrogens (tertiary/aromatic N) is 1. The van der Waals surface area contributed by atoms with E-state index >= 15 is 0 Å². The lowest BCUT2D eigenvalue weighted by Gasteiger charge is -2.10. The highest BCUT2D eigenvalue weighted by molar-refractivity contribution is 5.94. The maximum Gasteiger partial charge on any atom is 0.251 e. The summed E-state index contributed by atoms with van der Waals surface area (Å²) in [6.07, 6.45) is 2.30. The normalized spacial score (nSPS) is 10.2. The first-order valence-corrected chi connectivity index (χ1v) is 8.97. The molecule has 1 heterocycles. The predicted octanol–water partition coefficient (Wildman–Crippen LogP) is 3.81. The highest BCUT2D eigenvalue weighted by Crippen LogP contribution is 2.21. The van der Waals surface area contributed by atoms with Gasteiger partial charge in [0.1, 0.15) is 17.3 Å².